The van der Waals surface area contributed by atoms with E-state index in [0.717, 1.165) is 0 Å². The second-order valence-corrected chi connectivity index (χ2v) is 10.2. The Balaban J connectivity index is 1.83. The van der Waals surface area contributed by atoms with Gasteiger partial charge in [-0.3, -0.25) is 0 Å². The Labute approximate surface area is 216 Å². The van der Waals surface area contributed by atoms with Gasteiger partial charge >= 0.3 is 0 Å². The van der Waals surface area contributed by atoms with Gasteiger partial charge < -0.3 is 0 Å². The average Bonchev–Trinajstić information content (AvgIpc) is 2.85. The van der Waals surface area contributed by atoms with Crippen LogP contribution >= 0.6 is 45.2 Å². The van der Waals surface area contributed by atoms with Crippen LogP contribution in [0, 0.1) is 7.14 Å². The molecule has 0 aliphatic carbocycles. The van der Waals surface area contributed by atoms with Gasteiger partial charge in [-0.05, 0) is 126 Å². The SMILES string of the molecule is Ic1ccc(-c2cc(-c3ccccc3)c(-c3ccc(I)cc3)cc2-c2ccccc2)cc1. The van der Waals surface area contributed by atoms with Crippen LogP contribution in [-0.4, -0.2) is 0 Å². The molecule has 0 spiro atoms. The molecule has 0 heterocycles. The molecule has 0 nitrogen and oxygen atoms in total. The molecule has 0 bridgehead atoms. The van der Waals surface area contributed by atoms with Gasteiger partial charge in [-0.2, -0.15) is 0 Å². The van der Waals surface area contributed by atoms with Crippen molar-refractivity contribution in [2.24, 2.45) is 0 Å². The molecule has 0 radical (unpaired) electrons. The smallest absolute Gasteiger partial charge is 0.0130 e. The Morgan fingerprint density at radius 1 is 0.312 bits per heavy atom. The van der Waals surface area contributed by atoms with E-state index >= 15 is 0 Å². The number of rotatable bonds is 4. The molecule has 5 rings (SSSR count). The van der Waals surface area contributed by atoms with Gasteiger partial charge in [0.25, 0.3) is 0 Å². The maximum absolute atomic E-state index is 2.37. The molecule has 2 heteroatoms. The first-order chi connectivity index (χ1) is 15.7. The summed E-state index contributed by atoms with van der Waals surface area (Å²) in [6.45, 7) is 0. The molecular formula is C30H20I2. The second kappa shape index (κ2) is 9.59. The zero-order valence-corrected chi connectivity index (χ0v) is 21.6. The standard InChI is InChI=1S/C30H20I2/c31-25-15-11-23(12-16-25)29-20-28(22-9-5-2-6-10-22)30(24-13-17-26(32)18-14-24)19-27(29)21-7-3-1-4-8-21/h1-20H. The number of hydrogen-bond donors (Lipinski definition) is 0. The fourth-order valence-electron chi connectivity index (χ4n) is 4.05. The molecule has 0 fully saturated rings. The summed E-state index contributed by atoms with van der Waals surface area (Å²) in [6, 6.07) is 43.8. The van der Waals surface area contributed by atoms with Gasteiger partial charge in [-0.25, -0.2) is 0 Å². The van der Waals surface area contributed by atoms with Crippen molar-refractivity contribution in [1.82, 2.24) is 0 Å². The highest BCUT2D eigenvalue weighted by atomic mass is 127. The molecular weight excluding hydrogens is 614 g/mol. The van der Waals surface area contributed by atoms with E-state index in [1.165, 1.54) is 51.6 Å². The maximum atomic E-state index is 2.37. The summed E-state index contributed by atoms with van der Waals surface area (Å²) in [5.41, 5.74) is 9.92. The van der Waals surface area contributed by atoms with Crippen LogP contribution in [0.5, 0.6) is 0 Å². The number of hydrogen-bond acceptors (Lipinski definition) is 0. The van der Waals surface area contributed by atoms with Crippen molar-refractivity contribution in [3.63, 3.8) is 0 Å². The first-order valence-electron chi connectivity index (χ1n) is 10.5. The predicted octanol–water partition coefficient (Wildman–Crippen LogP) is 9.56. The molecule has 0 aliphatic rings. The zero-order chi connectivity index (χ0) is 21.9. The van der Waals surface area contributed by atoms with Crippen molar-refractivity contribution in [1.29, 1.82) is 0 Å². The van der Waals surface area contributed by atoms with E-state index in [4.69, 9.17) is 0 Å². The molecule has 0 saturated heterocycles. The summed E-state index contributed by atoms with van der Waals surface area (Å²) in [6.07, 6.45) is 0. The molecule has 0 N–H and O–H groups in total. The third-order valence-electron chi connectivity index (χ3n) is 5.64. The van der Waals surface area contributed by atoms with Crippen molar-refractivity contribution in [3.05, 3.63) is 128 Å². The maximum Gasteiger partial charge on any atom is 0.0130 e. The minimum absolute atomic E-state index is 1.23. The lowest BCUT2D eigenvalue weighted by molar-refractivity contribution is 1.53. The van der Waals surface area contributed by atoms with E-state index in [0.29, 0.717) is 0 Å². The van der Waals surface area contributed by atoms with Crippen LogP contribution in [0.3, 0.4) is 0 Å². The average molecular weight is 634 g/mol. The highest BCUT2D eigenvalue weighted by molar-refractivity contribution is 14.1. The van der Waals surface area contributed by atoms with E-state index < -0.39 is 0 Å². The quantitative estimate of drug-likeness (QED) is 0.173. The first-order valence-corrected chi connectivity index (χ1v) is 12.7. The fourth-order valence-corrected chi connectivity index (χ4v) is 4.77. The van der Waals surface area contributed by atoms with Crippen molar-refractivity contribution >= 4 is 45.2 Å². The van der Waals surface area contributed by atoms with Crippen molar-refractivity contribution in [3.8, 4) is 44.5 Å². The lowest BCUT2D eigenvalue weighted by atomic mass is 9.86. The number of benzene rings is 5. The van der Waals surface area contributed by atoms with Crippen molar-refractivity contribution in [2.75, 3.05) is 0 Å². The normalized spacial score (nSPS) is 10.8. The largest absolute Gasteiger partial charge is 0.0622 e. The van der Waals surface area contributed by atoms with Crippen LogP contribution in [-0.2, 0) is 0 Å². The Hall–Kier alpha value is -2.44. The lowest BCUT2D eigenvalue weighted by Crippen LogP contribution is -1.92. The van der Waals surface area contributed by atoms with E-state index in [1.54, 1.807) is 0 Å². The molecule has 0 amide bonds. The second-order valence-electron chi connectivity index (χ2n) is 7.69. The molecule has 0 aliphatic heterocycles. The van der Waals surface area contributed by atoms with E-state index in [2.05, 4.69) is 167 Å². The van der Waals surface area contributed by atoms with Crippen LogP contribution in [0.15, 0.2) is 121 Å². The summed E-state index contributed by atoms with van der Waals surface area (Å²) in [4.78, 5) is 0. The van der Waals surface area contributed by atoms with Crippen molar-refractivity contribution < 1.29 is 0 Å². The summed E-state index contributed by atoms with van der Waals surface area (Å²) >= 11 is 4.73. The molecule has 32 heavy (non-hydrogen) atoms. The molecule has 0 saturated carbocycles. The molecule has 0 aromatic heterocycles. The third kappa shape index (κ3) is 4.52. The minimum Gasteiger partial charge on any atom is -0.0622 e. The first kappa shape index (κ1) is 21.4. The van der Waals surface area contributed by atoms with Crippen LogP contribution in [0.25, 0.3) is 44.5 Å². The Bertz CT molecular complexity index is 1230. The predicted molar refractivity (Wildman–Crippen MR) is 154 cm³/mol. The molecule has 5 aromatic rings. The van der Waals surface area contributed by atoms with Crippen LogP contribution in [0.1, 0.15) is 0 Å². The van der Waals surface area contributed by atoms with Gasteiger partial charge in [0.2, 0.25) is 0 Å². The Morgan fingerprint density at radius 3 is 0.906 bits per heavy atom. The summed E-state index contributed by atoms with van der Waals surface area (Å²) < 4.78 is 2.48. The number of halogens is 2. The van der Waals surface area contributed by atoms with Crippen molar-refractivity contribution in [2.45, 2.75) is 0 Å². The molecule has 0 unspecified atom stereocenters. The highest BCUT2D eigenvalue weighted by Gasteiger charge is 2.16. The monoisotopic (exact) mass is 634 g/mol. The zero-order valence-electron chi connectivity index (χ0n) is 17.3. The van der Waals surface area contributed by atoms with Gasteiger partial charge in [0.15, 0.2) is 0 Å². The van der Waals surface area contributed by atoms with Gasteiger partial charge in [-0.1, -0.05) is 84.9 Å². The topological polar surface area (TPSA) is 0 Å². The Morgan fingerprint density at radius 2 is 0.594 bits per heavy atom. The van der Waals surface area contributed by atoms with E-state index in [9.17, 15) is 0 Å². The Kier molecular flexibility index (Phi) is 6.42. The fraction of sp³-hybridized carbons (Fsp3) is 0. The summed E-state index contributed by atoms with van der Waals surface area (Å²) in [5.74, 6) is 0. The van der Waals surface area contributed by atoms with Crippen LogP contribution in [0.2, 0.25) is 0 Å². The summed E-state index contributed by atoms with van der Waals surface area (Å²) in [5, 5.41) is 0. The van der Waals surface area contributed by atoms with E-state index in [1.807, 2.05) is 0 Å². The van der Waals surface area contributed by atoms with Gasteiger partial charge in [-0.15, -0.1) is 0 Å². The lowest BCUT2D eigenvalue weighted by Gasteiger charge is -2.18. The van der Waals surface area contributed by atoms with Crippen LogP contribution < -0.4 is 0 Å². The van der Waals surface area contributed by atoms with Crippen LogP contribution in [0.4, 0.5) is 0 Å². The van der Waals surface area contributed by atoms with Gasteiger partial charge in [0.05, 0.1) is 0 Å². The molecule has 0 atom stereocenters. The van der Waals surface area contributed by atoms with E-state index in [-0.39, 0.29) is 0 Å². The highest BCUT2D eigenvalue weighted by Crippen LogP contribution is 2.42. The summed E-state index contributed by atoms with van der Waals surface area (Å²) in [7, 11) is 0. The molecule has 154 valence electrons. The minimum atomic E-state index is 1.23. The van der Waals surface area contributed by atoms with Gasteiger partial charge in [0.1, 0.15) is 0 Å². The van der Waals surface area contributed by atoms with Gasteiger partial charge in [0, 0.05) is 7.14 Å². The third-order valence-corrected chi connectivity index (χ3v) is 7.08. The molecule has 5 aromatic carbocycles.